The standard InChI is InChI=1S/C24H30FN7O.C2HF3O2/c1-15(2)31-10-9-29(13-17(31)4)21-5-7-26-23-18(21)6-8-32(23)24(33)28-20-14-30-12-16(3)27-22(30)11-19(20)25;3-2(4,5)1(6)7/h5,7,11-12,14-15,17H,6,8-10,13H2,1-4H3,(H,28,33);(H,6,7)/t17-;/m0./s1. The summed E-state index contributed by atoms with van der Waals surface area (Å²) in [4.78, 5) is 37.3. The lowest BCUT2D eigenvalue weighted by Gasteiger charge is -2.43. The lowest BCUT2D eigenvalue weighted by molar-refractivity contribution is -0.192. The molecule has 5 heterocycles. The number of carboxylic acids is 1. The molecule has 14 heteroatoms. The van der Waals surface area contributed by atoms with E-state index in [1.165, 1.54) is 6.07 Å². The van der Waals surface area contributed by atoms with Crippen LogP contribution in [0.4, 0.5) is 39.5 Å². The molecule has 0 radical (unpaired) electrons. The van der Waals surface area contributed by atoms with E-state index in [2.05, 4.69) is 45.9 Å². The minimum absolute atomic E-state index is 0.119. The fourth-order valence-corrected chi connectivity index (χ4v) is 5.14. The molecule has 3 aromatic rings. The Morgan fingerprint density at radius 3 is 2.50 bits per heavy atom. The average Bonchev–Trinajstić information content (AvgIpc) is 3.46. The first-order valence-electron chi connectivity index (χ1n) is 12.8. The number of carbonyl (C=O) groups excluding carboxylic acids is 1. The molecule has 0 spiro atoms. The molecule has 3 aromatic heterocycles. The van der Waals surface area contributed by atoms with E-state index in [4.69, 9.17) is 9.90 Å². The molecule has 2 aliphatic rings. The quantitative estimate of drug-likeness (QED) is 0.456. The number of nitrogens with one attached hydrogen (secondary N) is 1. The third-order valence-electron chi connectivity index (χ3n) is 6.92. The van der Waals surface area contributed by atoms with Crippen LogP contribution in [-0.4, -0.2) is 80.8 Å². The van der Waals surface area contributed by atoms with Crippen LogP contribution in [0.5, 0.6) is 0 Å². The molecule has 0 bridgehead atoms. The smallest absolute Gasteiger partial charge is 0.475 e. The van der Waals surface area contributed by atoms with E-state index in [1.807, 2.05) is 13.0 Å². The van der Waals surface area contributed by atoms with E-state index in [0.717, 1.165) is 43.0 Å². The second-order valence-electron chi connectivity index (χ2n) is 10.1. The summed E-state index contributed by atoms with van der Waals surface area (Å²) in [7, 11) is 0. The van der Waals surface area contributed by atoms with Gasteiger partial charge in [0.05, 0.1) is 11.4 Å². The number of aryl methyl sites for hydroxylation is 1. The molecule has 2 amide bonds. The van der Waals surface area contributed by atoms with Crippen LogP contribution in [0.1, 0.15) is 32.0 Å². The Morgan fingerprint density at radius 1 is 1.18 bits per heavy atom. The first-order chi connectivity index (χ1) is 18.8. The van der Waals surface area contributed by atoms with Gasteiger partial charge in [-0.05, 0) is 40.2 Å². The van der Waals surface area contributed by atoms with Crippen molar-refractivity contribution < 1.29 is 32.3 Å². The average molecular weight is 566 g/mol. The molecule has 0 unspecified atom stereocenters. The maximum absolute atomic E-state index is 14.6. The van der Waals surface area contributed by atoms with Crippen molar-refractivity contribution in [2.75, 3.05) is 41.3 Å². The number of fused-ring (bicyclic) bond motifs is 2. The largest absolute Gasteiger partial charge is 0.490 e. The first kappa shape index (κ1) is 29.1. The normalized spacial score (nSPS) is 17.6. The van der Waals surface area contributed by atoms with Crippen LogP contribution in [0.15, 0.2) is 30.7 Å². The van der Waals surface area contributed by atoms with Gasteiger partial charge in [0, 0.05) is 74.2 Å². The van der Waals surface area contributed by atoms with Gasteiger partial charge in [-0.1, -0.05) is 0 Å². The van der Waals surface area contributed by atoms with Crippen LogP contribution in [0.2, 0.25) is 0 Å². The van der Waals surface area contributed by atoms with Gasteiger partial charge in [-0.3, -0.25) is 9.80 Å². The number of nitrogens with zero attached hydrogens (tertiary/aromatic N) is 6. The van der Waals surface area contributed by atoms with E-state index < -0.39 is 18.0 Å². The van der Waals surface area contributed by atoms with Crippen LogP contribution in [-0.2, 0) is 11.2 Å². The molecule has 1 fully saturated rings. The Kier molecular flexibility index (Phi) is 8.19. The van der Waals surface area contributed by atoms with Gasteiger partial charge in [0.2, 0.25) is 0 Å². The van der Waals surface area contributed by atoms with Crippen molar-refractivity contribution in [2.45, 2.75) is 52.4 Å². The molecule has 2 N–H and O–H groups in total. The summed E-state index contributed by atoms with van der Waals surface area (Å²) in [5.74, 6) is -2.61. The Bertz CT molecular complexity index is 1410. The Balaban J connectivity index is 0.000000470. The fourth-order valence-electron chi connectivity index (χ4n) is 5.14. The summed E-state index contributed by atoms with van der Waals surface area (Å²) in [5, 5.41) is 9.85. The van der Waals surface area contributed by atoms with Crippen LogP contribution in [0.3, 0.4) is 0 Å². The number of alkyl halides is 3. The van der Waals surface area contributed by atoms with Crippen molar-refractivity contribution in [3.63, 3.8) is 0 Å². The summed E-state index contributed by atoms with van der Waals surface area (Å²) in [6, 6.07) is 3.97. The van der Waals surface area contributed by atoms with E-state index >= 15 is 0 Å². The number of urea groups is 1. The van der Waals surface area contributed by atoms with Gasteiger partial charge < -0.3 is 19.7 Å². The molecule has 40 heavy (non-hydrogen) atoms. The number of rotatable bonds is 3. The van der Waals surface area contributed by atoms with E-state index in [9.17, 15) is 22.4 Å². The molecule has 2 aliphatic heterocycles. The zero-order chi connectivity index (χ0) is 29.4. The number of piperazine rings is 1. The number of anilines is 3. The monoisotopic (exact) mass is 565 g/mol. The van der Waals surface area contributed by atoms with Crippen LogP contribution < -0.4 is 15.1 Å². The van der Waals surface area contributed by atoms with Crippen molar-refractivity contribution in [1.82, 2.24) is 19.3 Å². The fraction of sp³-hybridized carbons (Fsp3) is 0.462. The number of amides is 2. The minimum Gasteiger partial charge on any atom is -0.475 e. The number of halogens is 4. The molecule has 10 nitrogen and oxygen atoms in total. The van der Waals surface area contributed by atoms with Crippen molar-refractivity contribution in [1.29, 1.82) is 0 Å². The van der Waals surface area contributed by atoms with Crippen LogP contribution in [0, 0.1) is 12.7 Å². The lowest BCUT2D eigenvalue weighted by atomic mass is 10.1. The summed E-state index contributed by atoms with van der Waals surface area (Å²) in [6.07, 6.45) is 0.759. The van der Waals surface area contributed by atoms with Gasteiger partial charge in [0.25, 0.3) is 0 Å². The number of pyridine rings is 2. The number of aliphatic carboxylic acids is 1. The van der Waals surface area contributed by atoms with Gasteiger partial charge in [0.1, 0.15) is 11.5 Å². The number of carbonyl (C=O) groups is 2. The molecule has 216 valence electrons. The zero-order valence-electron chi connectivity index (χ0n) is 22.5. The third-order valence-corrected chi connectivity index (χ3v) is 6.92. The van der Waals surface area contributed by atoms with E-state index in [0.29, 0.717) is 30.1 Å². The van der Waals surface area contributed by atoms with Gasteiger partial charge in [0.15, 0.2) is 5.82 Å². The molecule has 1 saturated heterocycles. The maximum Gasteiger partial charge on any atom is 0.490 e. The Hall–Kier alpha value is -3.94. The molecular formula is C26H31F4N7O3. The number of carboxylic acid groups (broad SMARTS) is 1. The zero-order valence-corrected chi connectivity index (χ0v) is 22.5. The number of hydrogen-bond acceptors (Lipinski definition) is 6. The predicted octanol–water partition coefficient (Wildman–Crippen LogP) is 4.32. The van der Waals surface area contributed by atoms with Crippen molar-refractivity contribution >= 4 is 34.8 Å². The number of hydrogen-bond donors (Lipinski definition) is 2. The van der Waals surface area contributed by atoms with E-state index in [1.54, 1.807) is 27.9 Å². The van der Waals surface area contributed by atoms with Crippen molar-refractivity contribution in [3.05, 3.63) is 47.8 Å². The highest BCUT2D eigenvalue weighted by atomic mass is 19.4. The van der Waals surface area contributed by atoms with Gasteiger partial charge in [-0.2, -0.15) is 13.2 Å². The molecule has 1 atom stereocenters. The van der Waals surface area contributed by atoms with Gasteiger partial charge in [-0.25, -0.2) is 23.9 Å². The van der Waals surface area contributed by atoms with Crippen LogP contribution >= 0.6 is 0 Å². The third kappa shape index (κ3) is 6.11. The van der Waals surface area contributed by atoms with Crippen LogP contribution in [0.25, 0.3) is 5.65 Å². The first-order valence-corrected chi connectivity index (χ1v) is 12.8. The summed E-state index contributed by atoms with van der Waals surface area (Å²) in [6.45, 7) is 12.0. The predicted molar refractivity (Wildman–Crippen MR) is 141 cm³/mol. The lowest BCUT2D eigenvalue weighted by Crippen LogP contribution is -2.54. The summed E-state index contributed by atoms with van der Waals surface area (Å²) in [5.41, 5.74) is 3.64. The molecule has 5 rings (SSSR count). The Morgan fingerprint density at radius 2 is 1.88 bits per heavy atom. The highest BCUT2D eigenvalue weighted by Gasteiger charge is 2.38. The molecule has 0 saturated carbocycles. The maximum atomic E-state index is 14.6. The highest BCUT2D eigenvalue weighted by molar-refractivity contribution is 6.03. The Labute approximate surface area is 228 Å². The highest BCUT2D eigenvalue weighted by Crippen LogP contribution is 2.35. The number of imidazole rings is 1. The summed E-state index contributed by atoms with van der Waals surface area (Å²) < 4.78 is 48.0. The molecular weight excluding hydrogens is 534 g/mol. The van der Waals surface area contributed by atoms with Gasteiger partial charge >= 0.3 is 18.2 Å². The second kappa shape index (κ2) is 11.3. The second-order valence-corrected chi connectivity index (χ2v) is 10.1. The summed E-state index contributed by atoms with van der Waals surface area (Å²) >= 11 is 0. The van der Waals surface area contributed by atoms with Gasteiger partial charge in [-0.15, -0.1) is 0 Å². The SMILES string of the molecule is Cc1cn2cc(NC(=O)N3CCc4c(N5CCN(C(C)C)[C@@H](C)C5)ccnc43)c(F)cc2n1.O=C(O)C(F)(F)F. The molecule has 0 aromatic carbocycles. The minimum atomic E-state index is -5.08. The van der Waals surface area contributed by atoms with E-state index in [-0.39, 0.29) is 11.7 Å². The molecule has 0 aliphatic carbocycles. The number of aromatic nitrogens is 3. The van der Waals surface area contributed by atoms with Crippen molar-refractivity contribution in [3.8, 4) is 0 Å². The van der Waals surface area contributed by atoms with Crippen molar-refractivity contribution in [2.24, 2.45) is 0 Å². The topological polar surface area (TPSA) is 106 Å².